The van der Waals surface area contributed by atoms with Gasteiger partial charge in [0.15, 0.2) is 28.1 Å². The van der Waals surface area contributed by atoms with Gasteiger partial charge in [-0.3, -0.25) is 24.0 Å². The van der Waals surface area contributed by atoms with E-state index < -0.39 is 17.0 Å². The molecule has 0 heterocycles. The predicted octanol–water partition coefficient (Wildman–Crippen LogP) is 5.94. The maximum atomic E-state index is 13.9. The van der Waals surface area contributed by atoms with E-state index in [1.165, 1.54) is 25.0 Å². The van der Waals surface area contributed by atoms with Crippen molar-refractivity contribution in [3.8, 4) is 0 Å². The van der Waals surface area contributed by atoms with Crippen LogP contribution in [0.25, 0.3) is 0 Å². The lowest BCUT2D eigenvalue weighted by Gasteiger charge is -2.55. The topological polar surface area (TPSA) is 94.6 Å². The summed E-state index contributed by atoms with van der Waals surface area (Å²) in [4.78, 5) is 62.4. The lowest BCUT2D eigenvalue weighted by molar-refractivity contribution is -0.182. The molecule has 0 aliphatic heterocycles. The fraction of sp³-hybridized carbons (Fsp3) is 0.531. The fourth-order valence-corrected chi connectivity index (χ4v) is 8.68. The summed E-state index contributed by atoms with van der Waals surface area (Å²) in [6.07, 6.45) is 6.58. The van der Waals surface area contributed by atoms with Crippen LogP contribution in [0.3, 0.4) is 0 Å². The molecule has 0 bridgehead atoms. The van der Waals surface area contributed by atoms with Crippen molar-refractivity contribution >= 4 is 40.2 Å². The number of ketones is 3. The highest BCUT2D eigenvalue weighted by molar-refractivity contribution is 8.14. The Hall–Kier alpha value is -2.80. The molecule has 4 aliphatic rings. The molecule has 39 heavy (non-hydrogen) atoms. The third-order valence-electron chi connectivity index (χ3n) is 9.75. The Morgan fingerprint density at radius 2 is 1.72 bits per heavy atom. The molecule has 1 aromatic rings. The normalized spacial score (nSPS) is 31.5. The highest BCUT2D eigenvalue weighted by atomic mass is 32.2. The Bertz CT molecular complexity index is 1320. The van der Waals surface area contributed by atoms with Crippen molar-refractivity contribution in [3.05, 3.63) is 58.2 Å². The maximum absolute atomic E-state index is 13.9. The van der Waals surface area contributed by atoms with Crippen LogP contribution < -0.4 is 0 Å². The molecule has 0 aromatic heterocycles. The van der Waals surface area contributed by atoms with Gasteiger partial charge in [0.2, 0.25) is 0 Å². The first kappa shape index (κ1) is 27.8. The number of carbonyl (C=O) groups excluding carboxylic acids is 5. The van der Waals surface area contributed by atoms with Gasteiger partial charge in [-0.05, 0) is 80.1 Å². The van der Waals surface area contributed by atoms with Crippen LogP contribution in [0.15, 0.2) is 47.1 Å². The number of benzene rings is 1. The van der Waals surface area contributed by atoms with Gasteiger partial charge in [-0.25, -0.2) is 0 Å². The monoisotopic (exact) mass is 548 g/mol. The summed E-state index contributed by atoms with van der Waals surface area (Å²) < 4.78 is 6.07. The average molecular weight is 549 g/mol. The first-order valence-corrected chi connectivity index (χ1v) is 14.9. The van der Waals surface area contributed by atoms with Crippen molar-refractivity contribution < 1.29 is 28.7 Å². The number of carbonyl (C=O) groups is 5. The first-order valence-electron chi connectivity index (χ1n) is 13.9. The minimum absolute atomic E-state index is 0.00374. The highest BCUT2D eigenvalue weighted by Gasteiger charge is 2.68. The molecule has 0 amide bonds. The Labute approximate surface area is 234 Å². The molecule has 5 atom stereocenters. The maximum Gasteiger partial charge on any atom is 0.303 e. The molecule has 2 saturated carbocycles. The Balaban J connectivity index is 1.66. The van der Waals surface area contributed by atoms with Gasteiger partial charge < -0.3 is 4.74 Å². The van der Waals surface area contributed by atoms with Crippen LogP contribution in [0.5, 0.6) is 0 Å². The van der Waals surface area contributed by atoms with E-state index in [2.05, 4.69) is 6.92 Å². The van der Waals surface area contributed by atoms with E-state index in [0.717, 1.165) is 48.6 Å². The molecule has 6 nitrogen and oxygen atoms in total. The zero-order valence-electron chi connectivity index (χ0n) is 23.1. The Morgan fingerprint density at radius 1 is 1.00 bits per heavy atom. The average Bonchev–Trinajstić information content (AvgIpc) is 3.18. The van der Waals surface area contributed by atoms with Crippen LogP contribution in [0, 0.1) is 17.3 Å². The van der Waals surface area contributed by atoms with E-state index in [1.807, 2.05) is 30.3 Å². The number of hydrogen-bond donors (Lipinski definition) is 0. The smallest absolute Gasteiger partial charge is 0.303 e. The van der Waals surface area contributed by atoms with E-state index in [0.29, 0.717) is 24.8 Å². The summed E-state index contributed by atoms with van der Waals surface area (Å²) in [6, 6.07) is 7.74. The van der Waals surface area contributed by atoms with Gasteiger partial charge in [-0.2, -0.15) is 0 Å². The molecule has 4 aliphatic carbocycles. The Morgan fingerprint density at radius 3 is 2.36 bits per heavy atom. The van der Waals surface area contributed by atoms with Crippen LogP contribution in [-0.2, 0) is 23.9 Å². The summed E-state index contributed by atoms with van der Waals surface area (Å²) >= 11 is 0.969. The molecule has 2 unspecified atom stereocenters. The van der Waals surface area contributed by atoms with Crippen molar-refractivity contribution in [2.45, 2.75) is 84.2 Å². The molecule has 0 saturated heterocycles. The number of Topliss-reactive ketones (excluding diaryl/α,β-unsaturated/α-hetero) is 2. The predicted molar refractivity (Wildman–Crippen MR) is 149 cm³/mol. The van der Waals surface area contributed by atoms with Crippen molar-refractivity contribution in [1.29, 1.82) is 0 Å². The zero-order valence-corrected chi connectivity index (χ0v) is 23.9. The van der Waals surface area contributed by atoms with Gasteiger partial charge >= 0.3 is 5.97 Å². The molecule has 0 spiro atoms. The van der Waals surface area contributed by atoms with Crippen LogP contribution in [0.2, 0.25) is 0 Å². The third kappa shape index (κ3) is 4.66. The van der Waals surface area contributed by atoms with E-state index in [-0.39, 0.29) is 46.0 Å². The summed E-state index contributed by atoms with van der Waals surface area (Å²) in [5.74, 6) is -0.205. The van der Waals surface area contributed by atoms with Crippen LogP contribution in [-0.4, -0.2) is 39.8 Å². The summed E-state index contributed by atoms with van der Waals surface area (Å²) in [5.41, 5.74) is 3.59. The standard InChI is InChI=1S/C32H36O6S/c1-18(33)21-5-7-22(8-6-21)27-16-31(4)28(26-11-9-23-15-24(36)10-12-25(23)30(26)27)13-14-32(31,38-19(2)34)29(37)17-39-20(3)35/h5-8,15,26-28H,9-14,16-17H2,1-4H3/t26?,27-,28?,31+,32+/m1/s1. The van der Waals surface area contributed by atoms with Crippen molar-refractivity contribution in [2.24, 2.45) is 17.3 Å². The molecule has 0 radical (unpaired) electrons. The number of fused-ring (bicyclic) bond motifs is 4. The molecule has 7 heteroatoms. The lowest BCUT2D eigenvalue weighted by atomic mass is 9.50. The van der Waals surface area contributed by atoms with E-state index in [9.17, 15) is 24.0 Å². The molecule has 0 N–H and O–H groups in total. The molecule has 5 rings (SSSR count). The second kappa shape index (κ2) is 10.3. The molecule has 206 valence electrons. The van der Waals surface area contributed by atoms with E-state index >= 15 is 0 Å². The van der Waals surface area contributed by atoms with E-state index in [1.54, 1.807) is 6.92 Å². The second-order valence-corrected chi connectivity index (χ2v) is 13.0. The highest BCUT2D eigenvalue weighted by Crippen LogP contribution is 2.68. The lowest BCUT2D eigenvalue weighted by Crippen LogP contribution is -2.58. The van der Waals surface area contributed by atoms with Crippen molar-refractivity contribution in [3.63, 3.8) is 0 Å². The van der Waals surface area contributed by atoms with Gasteiger partial charge in [-0.1, -0.05) is 48.5 Å². The zero-order chi connectivity index (χ0) is 28.1. The number of hydrogen-bond acceptors (Lipinski definition) is 7. The number of esters is 1. The molecule has 1 aromatic carbocycles. The summed E-state index contributed by atoms with van der Waals surface area (Å²) in [7, 11) is 0. The largest absolute Gasteiger partial charge is 0.451 e. The van der Waals surface area contributed by atoms with E-state index in [4.69, 9.17) is 4.74 Å². The van der Waals surface area contributed by atoms with Gasteiger partial charge in [-0.15, -0.1) is 0 Å². The summed E-state index contributed by atoms with van der Waals surface area (Å²) in [6.45, 7) is 6.46. The second-order valence-electron chi connectivity index (χ2n) is 11.8. The van der Waals surface area contributed by atoms with Crippen LogP contribution in [0.4, 0.5) is 0 Å². The quantitative estimate of drug-likeness (QED) is 0.321. The Kier molecular flexibility index (Phi) is 7.34. The van der Waals surface area contributed by atoms with Gasteiger partial charge in [0.05, 0.1) is 5.75 Å². The van der Waals surface area contributed by atoms with Gasteiger partial charge in [0.1, 0.15) is 0 Å². The minimum Gasteiger partial charge on any atom is -0.451 e. The van der Waals surface area contributed by atoms with Crippen molar-refractivity contribution in [1.82, 2.24) is 0 Å². The van der Waals surface area contributed by atoms with Gasteiger partial charge in [0.25, 0.3) is 0 Å². The fourth-order valence-electron chi connectivity index (χ4n) is 8.11. The third-order valence-corrected chi connectivity index (χ3v) is 10.6. The number of thioether (sulfide) groups is 1. The summed E-state index contributed by atoms with van der Waals surface area (Å²) in [5, 5.41) is -0.140. The van der Waals surface area contributed by atoms with Crippen LogP contribution >= 0.6 is 11.8 Å². The molecular weight excluding hydrogens is 512 g/mol. The number of allylic oxidation sites excluding steroid dienone is 4. The number of ether oxygens (including phenoxy) is 1. The molecular formula is C32H36O6S. The van der Waals surface area contributed by atoms with Gasteiger partial charge in [0, 0.05) is 37.2 Å². The number of rotatable bonds is 6. The first-order chi connectivity index (χ1) is 18.5. The molecule has 2 fully saturated rings. The SMILES string of the molecule is CC(=O)O[C@]1(C(=O)CSC(C)=O)CCC2C3CCC4=CC(=O)CCC4=C3[C@@H](c3ccc(C(C)=O)cc3)C[C@@]21C. The van der Waals surface area contributed by atoms with Crippen molar-refractivity contribution in [2.75, 3.05) is 5.75 Å². The minimum atomic E-state index is -1.29. The van der Waals surface area contributed by atoms with Crippen LogP contribution in [0.1, 0.15) is 94.5 Å².